The molecule has 0 aliphatic carbocycles. The van der Waals surface area contributed by atoms with Crippen LogP contribution < -0.4 is 5.32 Å². The van der Waals surface area contributed by atoms with Crippen LogP contribution in [-0.2, 0) is 14.4 Å². The van der Waals surface area contributed by atoms with Crippen molar-refractivity contribution in [3.8, 4) is 0 Å². The number of Topliss-reactive ketones (excluding diaryl/α,β-unsaturated/α-hetero) is 1. The Hall–Kier alpha value is -0.760. The predicted molar refractivity (Wildman–Crippen MR) is 89.2 cm³/mol. The highest BCUT2D eigenvalue weighted by Crippen LogP contribution is 2.08. The number of nitrogens with one attached hydrogen (secondary N) is 1. The fourth-order valence-electron chi connectivity index (χ4n) is 2.04. The average molecular weight is 315 g/mol. The maximum absolute atomic E-state index is 11.5. The Morgan fingerprint density at radius 3 is 2.10 bits per heavy atom. The van der Waals surface area contributed by atoms with Gasteiger partial charge in [0.25, 0.3) is 0 Å². The topological polar surface area (TPSA) is 63.2 Å². The lowest BCUT2D eigenvalue weighted by molar-refractivity contribution is -0.122. The van der Waals surface area contributed by atoms with Gasteiger partial charge >= 0.3 is 0 Å². The normalized spacial score (nSPS) is 10.4. The molecule has 1 unspecified atom stereocenters. The predicted octanol–water partition coefficient (Wildman–Crippen LogP) is 3.38. The van der Waals surface area contributed by atoms with Gasteiger partial charge in [-0.1, -0.05) is 41.8 Å². The molecule has 0 spiro atoms. The fourth-order valence-corrected chi connectivity index (χ4v) is 2.18. The molecule has 0 bridgehead atoms. The molecule has 0 aliphatic heterocycles. The van der Waals surface area contributed by atoms with Gasteiger partial charge in [0.15, 0.2) is 0 Å². The molecule has 0 aromatic rings. The van der Waals surface area contributed by atoms with Crippen molar-refractivity contribution < 1.29 is 14.4 Å². The molecule has 0 heterocycles. The maximum Gasteiger partial charge on any atom is 0.219 e. The van der Waals surface area contributed by atoms with E-state index in [-0.39, 0.29) is 17.2 Å². The summed E-state index contributed by atoms with van der Waals surface area (Å²) >= 11 is 0. The van der Waals surface area contributed by atoms with Gasteiger partial charge in [0.1, 0.15) is 11.3 Å². The fraction of sp³-hybridized carbons (Fsp3) is 0.812. The zero-order valence-corrected chi connectivity index (χ0v) is 14.4. The van der Waals surface area contributed by atoms with Crippen LogP contribution in [0.25, 0.3) is 0 Å². The van der Waals surface area contributed by atoms with Crippen molar-refractivity contribution >= 4 is 26.5 Å². The van der Waals surface area contributed by atoms with Gasteiger partial charge in [0.05, 0.1) is 0 Å². The molecule has 0 saturated carbocycles. The Balaban J connectivity index is 3.33. The SMILES string of the molecule is CCCCCNC(=O)CCCCCCC(=O)CCC(=O)P. The van der Waals surface area contributed by atoms with E-state index in [1.54, 1.807) is 0 Å². The Labute approximate surface area is 131 Å². The summed E-state index contributed by atoms with van der Waals surface area (Å²) in [4.78, 5) is 33.6. The molecular formula is C16H30NO3P. The highest BCUT2D eigenvalue weighted by molar-refractivity contribution is 7.40. The van der Waals surface area contributed by atoms with E-state index in [0.717, 1.165) is 45.1 Å². The van der Waals surface area contributed by atoms with E-state index in [9.17, 15) is 14.4 Å². The summed E-state index contributed by atoms with van der Waals surface area (Å²) in [6.07, 6.45) is 8.94. The number of carbonyl (C=O) groups is 3. The lowest BCUT2D eigenvalue weighted by Crippen LogP contribution is -2.23. The summed E-state index contributed by atoms with van der Waals surface area (Å²) in [6, 6.07) is 0. The van der Waals surface area contributed by atoms with Crippen LogP contribution in [-0.4, -0.2) is 23.8 Å². The van der Waals surface area contributed by atoms with Gasteiger partial charge in [-0.25, -0.2) is 0 Å². The van der Waals surface area contributed by atoms with Crippen LogP contribution in [0.3, 0.4) is 0 Å². The highest BCUT2D eigenvalue weighted by Gasteiger charge is 2.04. The van der Waals surface area contributed by atoms with Gasteiger partial charge in [-0.2, -0.15) is 0 Å². The monoisotopic (exact) mass is 315 g/mol. The van der Waals surface area contributed by atoms with E-state index in [0.29, 0.717) is 25.7 Å². The van der Waals surface area contributed by atoms with E-state index >= 15 is 0 Å². The molecule has 0 saturated heterocycles. The minimum atomic E-state index is -0.00620. The second-order valence-corrected chi connectivity index (χ2v) is 6.12. The van der Waals surface area contributed by atoms with Crippen molar-refractivity contribution in [2.24, 2.45) is 0 Å². The van der Waals surface area contributed by atoms with Gasteiger partial charge in [-0.05, 0) is 19.3 Å². The van der Waals surface area contributed by atoms with Gasteiger partial charge in [0, 0.05) is 32.2 Å². The molecule has 0 rings (SSSR count). The minimum absolute atomic E-state index is 0.00620. The Bertz CT molecular complexity index is 319. The first-order valence-electron chi connectivity index (χ1n) is 8.13. The number of amides is 1. The molecule has 1 N–H and O–H groups in total. The van der Waals surface area contributed by atoms with Crippen molar-refractivity contribution in [3.05, 3.63) is 0 Å². The lowest BCUT2D eigenvalue weighted by atomic mass is 10.1. The molecule has 0 radical (unpaired) electrons. The summed E-state index contributed by atoms with van der Waals surface area (Å²) in [6.45, 7) is 2.93. The van der Waals surface area contributed by atoms with Gasteiger partial charge in [0.2, 0.25) is 5.91 Å². The molecule has 0 fully saturated rings. The minimum Gasteiger partial charge on any atom is -0.356 e. The number of hydrogen-bond acceptors (Lipinski definition) is 3. The first kappa shape index (κ1) is 20.2. The first-order valence-corrected chi connectivity index (χ1v) is 8.70. The smallest absolute Gasteiger partial charge is 0.219 e. The molecule has 1 atom stereocenters. The molecule has 0 aromatic heterocycles. The van der Waals surface area contributed by atoms with Crippen molar-refractivity contribution in [1.82, 2.24) is 5.32 Å². The van der Waals surface area contributed by atoms with Crippen LogP contribution in [0.1, 0.15) is 77.6 Å². The average Bonchev–Trinajstić information content (AvgIpc) is 2.45. The quantitative estimate of drug-likeness (QED) is 0.395. The maximum atomic E-state index is 11.5. The summed E-state index contributed by atoms with van der Waals surface area (Å²) in [5.74, 6) is 0.306. The van der Waals surface area contributed by atoms with Gasteiger partial charge in [-0.3, -0.25) is 14.4 Å². The van der Waals surface area contributed by atoms with Crippen molar-refractivity contribution in [2.45, 2.75) is 77.6 Å². The van der Waals surface area contributed by atoms with Gasteiger partial charge in [-0.15, -0.1) is 0 Å². The Kier molecular flexibility index (Phi) is 13.7. The van der Waals surface area contributed by atoms with Crippen LogP contribution in [0.2, 0.25) is 0 Å². The second-order valence-electron chi connectivity index (χ2n) is 5.48. The largest absolute Gasteiger partial charge is 0.356 e. The van der Waals surface area contributed by atoms with Crippen LogP contribution in [0.4, 0.5) is 0 Å². The van der Waals surface area contributed by atoms with Crippen molar-refractivity contribution in [3.63, 3.8) is 0 Å². The Morgan fingerprint density at radius 1 is 0.810 bits per heavy atom. The summed E-state index contributed by atoms with van der Waals surface area (Å²) in [7, 11) is 2.09. The van der Waals surface area contributed by atoms with E-state index in [2.05, 4.69) is 21.5 Å². The van der Waals surface area contributed by atoms with E-state index in [1.807, 2.05) is 0 Å². The summed E-state index contributed by atoms with van der Waals surface area (Å²) in [5, 5.41) is 2.93. The zero-order valence-electron chi connectivity index (χ0n) is 13.3. The number of rotatable bonds is 14. The molecular weight excluding hydrogens is 285 g/mol. The van der Waals surface area contributed by atoms with E-state index in [1.165, 1.54) is 6.42 Å². The third-order valence-corrected chi connectivity index (χ3v) is 3.65. The molecule has 1 amide bonds. The second kappa shape index (κ2) is 14.2. The first-order chi connectivity index (χ1) is 10.1. The summed E-state index contributed by atoms with van der Waals surface area (Å²) in [5.41, 5.74) is -0.00620. The van der Waals surface area contributed by atoms with Crippen molar-refractivity contribution in [1.29, 1.82) is 0 Å². The summed E-state index contributed by atoms with van der Waals surface area (Å²) < 4.78 is 0. The standard InChI is InChI=1S/C16H30NO3P/c1-2-3-8-13-17-15(19)10-7-5-4-6-9-14(18)11-12-16(20)21/h2-13,21H2,1H3,(H,17,19). The third-order valence-electron chi connectivity index (χ3n) is 3.36. The molecule has 122 valence electrons. The van der Waals surface area contributed by atoms with Crippen LogP contribution in [0.5, 0.6) is 0 Å². The highest BCUT2D eigenvalue weighted by atomic mass is 31.0. The number of ketones is 1. The van der Waals surface area contributed by atoms with Gasteiger partial charge < -0.3 is 5.32 Å². The third kappa shape index (κ3) is 15.4. The van der Waals surface area contributed by atoms with E-state index < -0.39 is 0 Å². The molecule has 0 aromatic carbocycles. The van der Waals surface area contributed by atoms with Crippen LogP contribution in [0, 0.1) is 0 Å². The lowest BCUT2D eigenvalue weighted by Gasteiger charge is -2.04. The number of carbonyl (C=O) groups excluding carboxylic acids is 3. The number of hydrogen-bond donors (Lipinski definition) is 1. The molecule has 5 heteroatoms. The van der Waals surface area contributed by atoms with E-state index in [4.69, 9.17) is 0 Å². The molecule has 0 aliphatic rings. The van der Waals surface area contributed by atoms with Crippen LogP contribution >= 0.6 is 9.24 Å². The Morgan fingerprint density at radius 2 is 1.48 bits per heavy atom. The number of unbranched alkanes of at least 4 members (excludes halogenated alkanes) is 5. The molecule has 4 nitrogen and oxygen atoms in total. The van der Waals surface area contributed by atoms with Crippen molar-refractivity contribution in [2.75, 3.05) is 6.54 Å². The van der Waals surface area contributed by atoms with Crippen LogP contribution in [0.15, 0.2) is 0 Å². The zero-order chi connectivity index (χ0) is 15.9. The molecule has 21 heavy (non-hydrogen) atoms.